The molecule has 1 aliphatic heterocycles. The third-order valence-corrected chi connectivity index (χ3v) is 2.92. The molecule has 1 saturated heterocycles. The summed E-state index contributed by atoms with van der Waals surface area (Å²) >= 11 is 0. The van der Waals surface area contributed by atoms with Crippen LogP contribution >= 0.6 is 0 Å². The fourth-order valence-corrected chi connectivity index (χ4v) is 1.92. The molecule has 1 atom stereocenters. The number of nitrogens with zero attached hydrogens (tertiary/aromatic N) is 1. The Morgan fingerprint density at radius 1 is 1.50 bits per heavy atom. The van der Waals surface area contributed by atoms with E-state index in [1.165, 1.54) is 6.20 Å². The van der Waals surface area contributed by atoms with Crippen LogP contribution in [0.25, 0.3) is 0 Å². The molecule has 0 bridgehead atoms. The van der Waals surface area contributed by atoms with Gasteiger partial charge in [0, 0.05) is 24.7 Å². The van der Waals surface area contributed by atoms with Gasteiger partial charge in [0.1, 0.15) is 11.9 Å². The third kappa shape index (κ3) is 3.31. The molecule has 1 aliphatic rings. The number of hydrogen-bond acceptors (Lipinski definition) is 5. The zero-order chi connectivity index (χ0) is 14.5. The second kappa shape index (κ2) is 6.14. The van der Waals surface area contributed by atoms with Crippen LogP contribution < -0.4 is 16.0 Å². The third-order valence-electron chi connectivity index (χ3n) is 2.92. The SMILES string of the molecule is CCNc1cc(C(=O)NC2CCC(=O)NC2=O)ccn1. The van der Waals surface area contributed by atoms with Crippen molar-refractivity contribution in [3.63, 3.8) is 0 Å². The first-order chi connectivity index (χ1) is 9.60. The second-order valence-corrected chi connectivity index (χ2v) is 4.44. The first-order valence-corrected chi connectivity index (χ1v) is 6.44. The molecule has 1 fully saturated rings. The number of carbonyl (C=O) groups is 3. The summed E-state index contributed by atoms with van der Waals surface area (Å²) in [5.41, 5.74) is 0.417. The van der Waals surface area contributed by atoms with Crippen LogP contribution in [-0.4, -0.2) is 35.3 Å². The van der Waals surface area contributed by atoms with E-state index in [1.54, 1.807) is 12.1 Å². The van der Waals surface area contributed by atoms with Gasteiger partial charge in [-0.25, -0.2) is 4.98 Å². The summed E-state index contributed by atoms with van der Waals surface area (Å²) < 4.78 is 0. The summed E-state index contributed by atoms with van der Waals surface area (Å²) in [4.78, 5) is 38.7. The monoisotopic (exact) mass is 276 g/mol. The Morgan fingerprint density at radius 3 is 3.00 bits per heavy atom. The lowest BCUT2D eigenvalue weighted by Gasteiger charge is -2.21. The Labute approximate surface area is 116 Å². The first kappa shape index (κ1) is 14.0. The lowest BCUT2D eigenvalue weighted by molar-refractivity contribution is -0.134. The summed E-state index contributed by atoms with van der Waals surface area (Å²) in [5, 5.41) is 7.82. The Hall–Kier alpha value is -2.44. The van der Waals surface area contributed by atoms with E-state index in [4.69, 9.17) is 0 Å². The maximum Gasteiger partial charge on any atom is 0.252 e. The highest BCUT2D eigenvalue weighted by Gasteiger charge is 2.28. The van der Waals surface area contributed by atoms with Gasteiger partial charge in [0.15, 0.2) is 0 Å². The molecule has 2 heterocycles. The normalized spacial score (nSPS) is 18.4. The van der Waals surface area contributed by atoms with Crippen molar-refractivity contribution in [2.75, 3.05) is 11.9 Å². The van der Waals surface area contributed by atoms with E-state index in [2.05, 4.69) is 20.9 Å². The number of amides is 3. The highest BCUT2D eigenvalue weighted by Crippen LogP contribution is 2.09. The molecule has 0 radical (unpaired) electrons. The fraction of sp³-hybridized carbons (Fsp3) is 0.385. The molecule has 3 amide bonds. The van der Waals surface area contributed by atoms with Gasteiger partial charge in [0.25, 0.3) is 5.91 Å². The van der Waals surface area contributed by atoms with Crippen molar-refractivity contribution in [3.8, 4) is 0 Å². The summed E-state index contributed by atoms with van der Waals surface area (Å²) in [6.07, 6.45) is 2.08. The molecule has 2 rings (SSSR count). The van der Waals surface area contributed by atoms with Crippen LogP contribution in [0.3, 0.4) is 0 Å². The van der Waals surface area contributed by atoms with Crippen LogP contribution in [0.5, 0.6) is 0 Å². The number of nitrogens with one attached hydrogen (secondary N) is 3. The number of imide groups is 1. The highest BCUT2D eigenvalue weighted by molar-refractivity contribution is 6.03. The summed E-state index contributed by atoms with van der Waals surface area (Å²) in [5.74, 6) is -0.529. The topological polar surface area (TPSA) is 100 Å². The van der Waals surface area contributed by atoms with Crippen molar-refractivity contribution in [3.05, 3.63) is 23.9 Å². The summed E-state index contributed by atoms with van der Waals surface area (Å²) in [6, 6.07) is 2.52. The van der Waals surface area contributed by atoms with Crippen LogP contribution in [0.2, 0.25) is 0 Å². The highest BCUT2D eigenvalue weighted by atomic mass is 16.2. The zero-order valence-electron chi connectivity index (χ0n) is 11.1. The minimum atomic E-state index is -0.670. The molecule has 1 aromatic heterocycles. The minimum absolute atomic E-state index is 0.232. The molecule has 3 N–H and O–H groups in total. The van der Waals surface area contributed by atoms with Gasteiger partial charge in [0.05, 0.1) is 0 Å². The van der Waals surface area contributed by atoms with Crippen molar-refractivity contribution >= 4 is 23.5 Å². The standard InChI is InChI=1S/C13H16N4O3/c1-2-14-10-7-8(5-6-15-10)12(19)16-9-3-4-11(18)17-13(9)20/h5-7,9H,2-4H2,1H3,(H,14,15)(H,16,19)(H,17,18,20). The number of aromatic nitrogens is 1. The average Bonchev–Trinajstić information content (AvgIpc) is 2.42. The number of rotatable bonds is 4. The molecule has 0 aliphatic carbocycles. The average molecular weight is 276 g/mol. The smallest absolute Gasteiger partial charge is 0.252 e. The van der Waals surface area contributed by atoms with E-state index in [9.17, 15) is 14.4 Å². The van der Waals surface area contributed by atoms with Crippen LogP contribution in [0, 0.1) is 0 Å². The van der Waals surface area contributed by atoms with Crippen molar-refractivity contribution in [1.29, 1.82) is 0 Å². The van der Waals surface area contributed by atoms with E-state index in [-0.39, 0.29) is 18.2 Å². The van der Waals surface area contributed by atoms with Crippen LogP contribution in [-0.2, 0) is 9.59 Å². The molecule has 0 aromatic carbocycles. The Balaban J connectivity index is 2.02. The van der Waals surface area contributed by atoms with Crippen molar-refractivity contribution in [2.45, 2.75) is 25.8 Å². The van der Waals surface area contributed by atoms with E-state index < -0.39 is 11.9 Å². The summed E-state index contributed by atoms with van der Waals surface area (Å²) in [7, 11) is 0. The van der Waals surface area contributed by atoms with Crippen molar-refractivity contribution in [2.24, 2.45) is 0 Å². The molecule has 106 valence electrons. The second-order valence-electron chi connectivity index (χ2n) is 4.44. The molecular formula is C13H16N4O3. The van der Waals surface area contributed by atoms with E-state index in [0.29, 0.717) is 24.3 Å². The maximum atomic E-state index is 12.1. The Kier molecular flexibility index (Phi) is 4.29. The van der Waals surface area contributed by atoms with Crippen molar-refractivity contribution in [1.82, 2.24) is 15.6 Å². The minimum Gasteiger partial charge on any atom is -0.370 e. The molecule has 7 heteroatoms. The lowest BCUT2D eigenvalue weighted by Crippen LogP contribution is -2.52. The van der Waals surface area contributed by atoms with E-state index in [0.717, 1.165) is 0 Å². The van der Waals surface area contributed by atoms with Crippen LogP contribution in [0.1, 0.15) is 30.1 Å². The molecular weight excluding hydrogens is 260 g/mol. The number of anilines is 1. The predicted molar refractivity (Wildman–Crippen MR) is 72.0 cm³/mol. The molecule has 7 nitrogen and oxygen atoms in total. The van der Waals surface area contributed by atoms with Gasteiger partial charge in [-0.3, -0.25) is 19.7 Å². The fourth-order valence-electron chi connectivity index (χ4n) is 1.92. The molecule has 1 unspecified atom stereocenters. The first-order valence-electron chi connectivity index (χ1n) is 6.44. The molecule has 0 saturated carbocycles. The number of carbonyl (C=O) groups excluding carboxylic acids is 3. The van der Waals surface area contributed by atoms with Crippen LogP contribution in [0.4, 0.5) is 5.82 Å². The van der Waals surface area contributed by atoms with Gasteiger partial charge in [-0.2, -0.15) is 0 Å². The lowest BCUT2D eigenvalue weighted by atomic mass is 10.1. The van der Waals surface area contributed by atoms with Gasteiger partial charge in [-0.1, -0.05) is 0 Å². The molecule has 20 heavy (non-hydrogen) atoms. The van der Waals surface area contributed by atoms with Gasteiger partial charge >= 0.3 is 0 Å². The molecule has 1 aromatic rings. The summed E-state index contributed by atoms with van der Waals surface area (Å²) in [6.45, 7) is 2.63. The van der Waals surface area contributed by atoms with Gasteiger partial charge in [0.2, 0.25) is 11.8 Å². The van der Waals surface area contributed by atoms with Gasteiger partial charge < -0.3 is 10.6 Å². The quantitative estimate of drug-likeness (QED) is 0.675. The Morgan fingerprint density at radius 2 is 2.30 bits per heavy atom. The largest absolute Gasteiger partial charge is 0.370 e. The van der Waals surface area contributed by atoms with Crippen LogP contribution in [0.15, 0.2) is 18.3 Å². The van der Waals surface area contributed by atoms with Crippen molar-refractivity contribution < 1.29 is 14.4 Å². The number of hydrogen-bond donors (Lipinski definition) is 3. The predicted octanol–water partition coefficient (Wildman–Crippen LogP) is 0.0484. The number of piperidine rings is 1. The number of pyridine rings is 1. The molecule has 0 spiro atoms. The zero-order valence-corrected chi connectivity index (χ0v) is 11.1. The Bertz CT molecular complexity index is 544. The van der Waals surface area contributed by atoms with E-state index >= 15 is 0 Å². The maximum absolute atomic E-state index is 12.1. The van der Waals surface area contributed by atoms with Gasteiger partial charge in [-0.15, -0.1) is 0 Å². The van der Waals surface area contributed by atoms with E-state index in [1.807, 2.05) is 6.92 Å². The van der Waals surface area contributed by atoms with Gasteiger partial charge in [-0.05, 0) is 25.5 Å².